The second kappa shape index (κ2) is 6.69. The number of benzene rings is 2. The van der Waals surface area contributed by atoms with E-state index in [4.69, 9.17) is 4.74 Å². The number of piperidine rings is 1. The van der Waals surface area contributed by atoms with Crippen molar-refractivity contribution in [3.8, 4) is 0 Å². The number of hydrogen-bond donors (Lipinski definition) is 0. The van der Waals surface area contributed by atoms with Gasteiger partial charge in [0.25, 0.3) is 5.91 Å². The number of ether oxygens (including phenoxy) is 1. The number of rotatable bonds is 3. The molecular weight excluding hydrogens is 326 g/mol. The Morgan fingerprint density at radius 3 is 2.62 bits per heavy atom. The van der Waals surface area contributed by atoms with Gasteiger partial charge in [-0.3, -0.25) is 9.59 Å². The zero-order chi connectivity index (χ0) is 18.1. The van der Waals surface area contributed by atoms with Gasteiger partial charge in [-0.15, -0.1) is 0 Å². The maximum Gasteiger partial charge on any atom is 0.253 e. The van der Waals surface area contributed by atoms with Crippen LogP contribution in [0.1, 0.15) is 46.8 Å². The predicted molar refractivity (Wildman–Crippen MR) is 98.9 cm³/mol. The van der Waals surface area contributed by atoms with Crippen LogP contribution in [0, 0.1) is 0 Å². The summed E-state index contributed by atoms with van der Waals surface area (Å²) in [6.07, 6.45) is 2.01. The van der Waals surface area contributed by atoms with Crippen LogP contribution in [-0.2, 0) is 28.2 Å². The Kier molecular flexibility index (Phi) is 4.37. The van der Waals surface area contributed by atoms with Crippen molar-refractivity contribution in [2.75, 3.05) is 13.1 Å². The molecule has 2 aliphatic rings. The van der Waals surface area contributed by atoms with Crippen LogP contribution in [0.2, 0.25) is 0 Å². The summed E-state index contributed by atoms with van der Waals surface area (Å²) in [6.45, 7) is 3.60. The molecule has 0 aromatic heterocycles. The fourth-order valence-corrected chi connectivity index (χ4v) is 4.15. The number of hydrogen-bond acceptors (Lipinski definition) is 3. The molecule has 2 heterocycles. The van der Waals surface area contributed by atoms with Crippen molar-refractivity contribution in [1.29, 1.82) is 0 Å². The van der Waals surface area contributed by atoms with E-state index in [1.54, 1.807) is 6.92 Å². The first-order chi connectivity index (χ1) is 12.6. The van der Waals surface area contributed by atoms with Gasteiger partial charge < -0.3 is 9.64 Å². The van der Waals surface area contributed by atoms with Crippen LogP contribution in [0.3, 0.4) is 0 Å². The summed E-state index contributed by atoms with van der Waals surface area (Å²) >= 11 is 0. The number of ketones is 1. The lowest BCUT2D eigenvalue weighted by Crippen LogP contribution is -2.45. The Morgan fingerprint density at radius 1 is 1.08 bits per heavy atom. The van der Waals surface area contributed by atoms with E-state index in [0.29, 0.717) is 31.7 Å². The molecule has 2 aliphatic heterocycles. The minimum atomic E-state index is -0.232. The highest BCUT2D eigenvalue weighted by atomic mass is 16.5. The smallest absolute Gasteiger partial charge is 0.253 e. The number of likely N-dealkylation sites (tertiary alicyclic amines) is 1. The molecule has 0 bridgehead atoms. The van der Waals surface area contributed by atoms with Gasteiger partial charge in [-0.2, -0.15) is 0 Å². The molecule has 26 heavy (non-hydrogen) atoms. The third-order valence-electron chi connectivity index (χ3n) is 5.50. The molecule has 1 spiro atoms. The van der Waals surface area contributed by atoms with Crippen molar-refractivity contribution in [2.24, 2.45) is 0 Å². The van der Waals surface area contributed by atoms with E-state index in [1.165, 1.54) is 11.1 Å². The van der Waals surface area contributed by atoms with Gasteiger partial charge in [0.05, 0.1) is 12.2 Å². The average Bonchev–Trinajstić information content (AvgIpc) is 3.00. The molecule has 1 saturated heterocycles. The summed E-state index contributed by atoms with van der Waals surface area (Å²) in [5.74, 6) is 0.142. The van der Waals surface area contributed by atoms with Crippen molar-refractivity contribution in [3.05, 3.63) is 70.8 Å². The summed E-state index contributed by atoms with van der Waals surface area (Å²) < 4.78 is 6.17. The Balaban J connectivity index is 1.47. The van der Waals surface area contributed by atoms with E-state index in [2.05, 4.69) is 18.2 Å². The minimum absolute atomic E-state index is 0.0385. The highest BCUT2D eigenvalue weighted by Crippen LogP contribution is 2.44. The zero-order valence-corrected chi connectivity index (χ0v) is 15.0. The average molecular weight is 349 g/mol. The summed E-state index contributed by atoms with van der Waals surface area (Å²) in [7, 11) is 0. The fourth-order valence-electron chi connectivity index (χ4n) is 4.15. The van der Waals surface area contributed by atoms with E-state index in [9.17, 15) is 9.59 Å². The second-order valence-corrected chi connectivity index (χ2v) is 7.31. The summed E-state index contributed by atoms with van der Waals surface area (Å²) in [6, 6.07) is 15.8. The maximum absolute atomic E-state index is 12.9. The second-order valence-electron chi connectivity index (χ2n) is 7.31. The Hall–Kier alpha value is -2.46. The first kappa shape index (κ1) is 17.0. The first-order valence-corrected chi connectivity index (χ1v) is 9.17. The lowest BCUT2D eigenvalue weighted by Gasteiger charge is -2.39. The fraction of sp³-hybridized carbons (Fsp3) is 0.364. The highest BCUT2D eigenvalue weighted by molar-refractivity contribution is 5.94. The van der Waals surface area contributed by atoms with Crippen molar-refractivity contribution in [3.63, 3.8) is 0 Å². The zero-order valence-electron chi connectivity index (χ0n) is 15.0. The van der Waals surface area contributed by atoms with Crippen LogP contribution < -0.4 is 0 Å². The number of carbonyl (C=O) groups excluding carboxylic acids is 2. The molecule has 0 atom stereocenters. The van der Waals surface area contributed by atoms with Crippen LogP contribution in [0.4, 0.5) is 0 Å². The first-order valence-electron chi connectivity index (χ1n) is 9.17. The van der Waals surface area contributed by atoms with Gasteiger partial charge in [0.1, 0.15) is 5.78 Å². The van der Waals surface area contributed by atoms with Gasteiger partial charge in [0.15, 0.2) is 0 Å². The monoisotopic (exact) mass is 349 g/mol. The predicted octanol–water partition coefficient (Wildman–Crippen LogP) is 3.48. The van der Waals surface area contributed by atoms with Crippen molar-refractivity contribution in [2.45, 2.75) is 38.4 Å². The van der Waals surface area contributed by atoms with Crippen LogP contribution >= 0.6 is 0 Å². The molecule has 0 aliphatic carbocycles. The van der Waals surface area contributed by atoms with Gasteiger partial charge in [-0.1, -0.05) is 36.4 Å². The van der Waals surface area contributed by atoms with Gasteiger partial charge in [0, 0.05) is 25.1 Å². The van der Waals surface area contributed by atoms with Crippen LogP contribution in [0.5, 0.6) is 0 Å². The normalized spacial score (nSPS) is 18.0. The summed E-state index contributed by atoms with van der Waals surface area (Å²) in [4.78, 5) is 26.1. The van der Waals surface area contributed by atoms with Crippen molar-refractivity contribution >= 4 is 11.7 Å². The topological polar surface area (TPSA) is 46.6 Å². The van der Waals surface area contributed by atoms with Crippen LogP contribution in [0.25, 0.3) is 0 Å². The molecule has 0 radical (unpaired) electrons. The standard InChI is InChI=1S/C22H23NO3/c1-16(24)13-17-5-4-7-18(14-17)21(25)23-11-9-22(10-12-23)20-8-3-2-6-19(20)15-26-22/h2-8,14H,9-13,15H2,1H3. The Bertz CT molecular complexity index is 850. The van der Waals surface area contributed by atoms with Crippen LogP contribution in [0.15, 0.2) is 48.5 Å². The molecule has 1 fully saturated rings. The molecule has 0 saturated carbocycles. The Morgan fingerprint density at radius 2 is 1.85 bits per heavy atom. The van der Waals surface area contributed by atoms with E-state index >= 15 is 0 Å². The van der Waals surface area contributed by atoms with Crippen molar-refractivity contribution < 1.29 is 14.3 Å². The number of Topliss-reactive ketones (excluding diaryl/α,β-unsaturated/α-hetero) is 1. The van der Waals surface area contributed by atoms with E-state index in [0.717, 1.165) is 18.4 Å². The lowest BCUT2D eigenvalue weighted by molar-refractivity contribution is -0.116. The molecule has 1 amide bonds. The third-order valence-corrected chi connectivity index (χ3v) is 5.50. The maximum atomic E-state index is 12.9. The molecule has 2 aromatic carbocycles. The van der Waals surface area contributed by atoms with Gasteiger partial charge >= 0.3 is 0 Å². The SMILES string of the molecule is CC(=O)Cc1cccc(C(=O)N2CCC3(CC2)OCc2ccccc23)c1. The van der Waals surface area contributed by atoms with E-state index in [1.807, 2.05) is 35.2 Å². The van der Waals surface area contributed by atoms with E-state index in [-0.39, 0.29) is 17.3 Å². The molecule has 4 heteroatoms. The largest absolute Gasteiger partial charge is 0.365 e. The quantitative estimate of drug-likeness (QED) is 0.852. The number of amides is 1. The van der Waals surface area contributed by atoms with Gasteiger partial charge in [0.2, 0.25) is 0 Å². The minimum Gasteiger partial charge on any atom is -0.365 e. The number of fused-ring (bicyclic) bond motifs is 2. The lowest BCUT2D eigenvalue weighted by atomic mass is 9.83. The molecule has 0 unspecified atom stereocenters. The molecular formula is C22H23NO3. The molecule has 2 aromatic rings. The number of carbonyl (C=O) groups is 2. The van der Waals surface area contributed by atoms with Gasteiger partial charge in [-0.05, 0) is 48.6 Å². The number of nitrogens with zero attached hydrogens (tertiary/aromatic N) is 1. The third kappa shape index (κ3) is 3.06. The van der Waals surface area contributed by atoms with Gasteiger partial charge in [-0.25, -0.2) is 0 Å². The molecule has 4 nitrogen and oxygen atoms in total. The highest BCUT2D eigenvalue weighted by Gasteiger charge is 2.43. The summed E-state index contributed by atoms with van der Waals surface area (Å²) in [5.41, 5.74) is 3.88. The van der Waals surface area contributed by atoms with Crippen molar-refractivity contribution in [1.82, 2.24) is 4.90 Å². The van der Waals surface area contributed by atoms with Crippen LogP contribution in [-0.4, -0.2) is 29.7 Å². The molecule has 134 valence electrons. The Labute approximate surface area is 153 Å². The molecule has 0 N–H and O–H groups in total. The van der Waals surface area contributed by atoms with E-state index < -0.39 is 0 Å². The summed E-state index contributed by atoms with van der Waals surface area (Å²) in [5, 5.41) is 0. The molecule has 4 rings (SSSR count).